The van der Waals surface area contributed by atoms with Gasteiger partial charge < -0.3 is 0 Å². The van der Waals surface area contributed by atoms with Crippen molar-refractivity contribution in [1.29, 1.82) is 0 Å². The van der Waals surface area contributed by atoms with E-state index in [1.165, 1.54) is 32.1 Å². The minimum absolute atomic E-state index is 0. The average Bonchev–Trinajstić information content (AvgIpc) is 2.04. The van der Waals surface area contributed by atoms with Crippen molar-refractivity contribution >= 4 is 0 Å². The van der Waals surface area contributed by atoms with Gasteiger partial charge in [0.1, 0.15) is 0 Å². The lowest BCUT2D eigenvalue weighted by Crippen LogP contribution is -2.24. The van der Waals surface area contributed by atoms with Gasteiger partial charge in [0.2, 0.25) is 0 Å². The Morgan fingerprint density at radius 2 is 1.27 bits per heavy atom. The van der Waals surface area contributed by atoms with Crippen LogP contribution >= 0.6 is 0 Å². The quantitative estimate of drug-likeness (QED) is 0.470. The molecule has 0 atom stereocenters. The minimum Gasteiger partial charge on any atom is -0.0776 e. The van der Waals surface area contributed by atoms with E-state index in [9.17, 15) is 0 Å². The molecule has 0 spiro atoms. The summed E-state index contributed by atoms with van der Waals surface area (Å²) in [5.74, 6) is 1.98. The third-order valence-electron chi connectivity index (χ3n) is 3.24. The summed E-state index contributed by atoms with van der Waals surface area (Å²) in [4.78, 5) is 0. The molecular weight excluding hydrogens is 180 g/mol. The molecule has 0 heteroatoms. The molecule has 0 nitrogen and oxygen atoms in total. The Morgan fingerprint density at radius 3 is 1.53 bits per heavy atom. The third kappa shape index (κ3) is 7.88. The van der Waals surface area contributed by atoms with Crippen LogP contribution in [-0.2, 0) is 0 Å². The van der Waals surface area contributed by atoms with E-state index in [1.54, 1.807) is 0 Å². The van der Waals surface area contributed by atoms with Gasteiger partial charge in [-0.25, -0.2) is 0 Å². The van der Waals surface area contributed by atoms with Crippen LogP contribution in [0.3, 0.4) is 0 Å². The van der Waals surface area contributed by atoms with Gasteiger partial charge in [0.05, 0.1) is 0 Å². The Hall–Kier alpha value is 0. The SMILES string of the molecule is C.CC1CCC(C(C)(C)C)CC1.CCC. The molecule has 0 saturated heterocycles. The maximum atomic E-state index is 2.39. The highest BCUT2D eigenvalue weighted by atomic mass is 14.3. The van der Waals surface area contributed by atoms with Crippen LogP contribution in [0, 0.1) is 17.3 Å². The first-order valence-electron chi connectivity index (χ1n) is 6.41. The summed E-state index contributed by atoms with van der Waals surface area (Å²) in [6.45, 7) is 13.8. The number of hydrogen-bond donors (Lipinski definition) is 0. The van der Waals surface area contributed by atoms with Crippen LogP contribution in [0.4, 0.5) is 0 Å². The van der Waals surface area contributed by atoms with Crippen LogP contribution in [0.1, 0.15) is 81.1 Å². The molecule has 15 heavy (non-hydrogen) atoms. The van der Waals surface area contributed by atoms with Crippen molar-refractivity contribution in [3.05, 3.63) is 0 Å². The second-order valence-electron chi connectivity index (χ2n) is 6.03. The van der Waals surface area contributed by atoms with E-state index in [1.807, 2.05) is 0 Å². The lowest BCUT2D eigenvalue weighted by atomic mass is 9.70. The summed E-state index contributed by atoms with van der Waals surface area (Å²) in [6.07, 6.45) is 7.10. The Labute approximate surface area is 98.9 Å². The molecule has 0 aromatic rings. The third-order valence-corrected chi connectivity index (χ3v) is 3.24. The lowest BCUT2D eigenvalue weighted by Gasteiger charge is -2.35. The van der Waals surface area contributed by atoms with Gasteiger partial charge >= 0.3 is 0 Å². The molecule has 1 saturated carbocycles. The maximum Gasteiger partial charge on any atom is -0.0354 e. The smallest absolute Gasteiger partial charge is 0.0354 e. The van der Waals surface area contributed by atoms with Crippen LogP contribution in [0.15, 0.2) is 0 Å². The minimum atomic E-state index is 0. The second kappa shape index (κ2) is 8.19. The molecule has 1 fully saturated rings. The predicted octanol–water partition coefficient (Wildman–Crippen LogP) is 5.91. The Balaban J connectivity index is 0. The van der Waals surface area contributed by atoms with Crippen LogP contribution < -0.4 is 0 Å². The fraction of sp³-hybridized carbons (Fsp3) is 1.00. The van der Waals surface area contributed by atoms with Gasteiger partial charge in [0.25, 0.3) is 0 Å². The van der Waals surface area contributed by atoms with Crippen molar-refractivity contribution in [1.82, 2.24) is 0 Å². The summed E-state index contributed by atoms with van der Waals surface area (Å²) in [6, 6.07) is 0. The van der Waals surface area contributed by atoms with Crippen molar-refractivity contribution in [2.75, 3.05) is 0 Å². The monoisotopic (exact) mass is 214 g/mol. The van der Waals surface area contributed by atoms with E-state index in [2.05, 4.69) is 41.5 Å². The highest BCUT2D eigenvalue weighted by molar-refractivity contribution is 4.78. The Bertz CT molecular complexity index is 121. The Morgan fingerprint density at radius 1 is 0.933 bits per heavy atom. The zero-order valence-electron chi connectivity index (χ0n) is 11.2. The first kappa shape index (κ1) is 17.4. The van der Waals surface area contributed by atoms with Gasteiger partial charge in [-0.3, -0.25) is 0 Å². The van der Waals surface area contributed by atoms with Gasteiger partial charge in [-0.15, -0.1) is 0 Å². The average molecular weight is 214 g/mol. The van der Waals surface area contributed by atoms with Crippen LogP contribution in [0.25, 0.3) is 0 Å². The molecule has 0 aromatic carbocycles. The molecule has 0 radical (unpaired) electrons. The summed E-state index contributed by atoms with van der Waals surface area (Å²) < 4.78 is 0. The Kier molecular flexibility index (Phi) is 9.49. The molecule has 0 amide bonds. The van der Waals surface area contributed by atoms with Crippen molar-refractivity contribution in [2.24, 2.45) is 17.3 Å². The van der Waals surface area contributed by atoms with Crippen LogP contribution in [0.2, 0.25) is 0 Å². The van der Waals surface area contributed by atoms with Gasteiger partial charge in [-0.2, -0.15) is 0 Å². The summed E-state index contributed by atoms with van der Waals surface area (Å²) >= 11 is 0. The normalized spacial score (nSPS) is 26.0. The second-order valence-corrected chi connectivity index (χ2v) is 6.03. The fourth-order valence-corrected chi connectivity index (χ4v) is 2.13. The molecule has 0 unspecified atom stereocenters. The lowest BCUT2D eigenvalue weighted by molar-refractivity contribution is 0.155. The van der Waals surface area contributed by atoms with E-state index in [0.29, 0.717) is 5.41 Å². The largest absolute Gasteiger partial charge is 0.0776 e. The van der Waals surface area contributed by atoms with Crippen molar-refractivity contribution in [3.63, 3.8) is 0 Å². The van der Waals surface area contributed by atoms with Gasteiger partial charge in [-0.1, -0.05) is 68.2 Å². The molecular formula is C15H34. The maximum absolute atomic E-state index is 2.39. The van der Waals surface area contributed by atoms with Gasteiger partial charge in [0, 0.05) is 0 Å². The molecule has 0 N–H and O–H groups in total. The highest BCUT2D eigenvalue weighted by Gasteiger charge is 2.27. The molecule has 0 aliphatic heterocycles. The fourth-order valence-electron chi connectivity index (χ4n) is 2.13. The number of rotatable bonds is 0. The van der Waals surface area contributed by atoms with Crippen LogP contribution in [-0.4, -0.2) is 0 Å². The van der Waals surface area contributed by atoms with E-state index < -0.39 is 0 Å². The van der Waals surface area contributed by atoms with E-state index in [0.717, 1.165) is 11.8 Å². The van der Waals surface area contributed by atoms with Gasteiger partial charge in [-0.05, 0) is 30.1 Å². The summed E-state index contributed by atoms with van der Waals surface area (Å²) in [7, 11) is 0. The topological polar surface area (TPSA) is 0 Å². The van der Waals surface area contributed by atoms with E-state index >= 15 is 0 Å². The van der Waals surface area contributed by atoms with Crippen LogP contribution in [0.5, 0.6) is 0 Å². The molecule has 0 bridgehead atoms. The van der Waals surface area contributed by atoms with Crippen molar-refractivity contribution in [2.45, 2.75) is 81.1 Å². The zero-order chi connectivity index (χ0) is 11.2. The molecule has 1 rings (SSSR count). The summed E-state index contributed by atoms with van der Waals surface area (Å²) in [5.41, 5.74) is 0.556. The standard InChI is InChI=1S/C11H22.C3H8.CH4/c1-9-5-7-10(8-6-9)11(2,3)4;1-3-2;/h9-10H,5-8H2,1-4H3;3H2,1-2H3;1H4. The molecule has 0 aromatic heterocycles. The zero-order valence-corrected chi connectivity index (χ0v) is 11.2. The van der Waals surface area contributed by atoms with Crippen molar-refractivity contribution < 1.29 is 0 Å². The first-order chi connectivity index (χ1) is 6.41. The summed E-state index contributed by atoms with van der Waals surface area (Å²) in [5, 5.41) is 0. The number of hydrogen-bond acceptors (Lipinski definition) is 0. The molecule has 0 heterocycles. The van der Waals surface area contributed by atoms with E-state index in [4.69, 9.17) is 0 Å². The molecule has 1 aliphatic carbocycles. The first-order valence-corrected chi connectivity index (χ1v) is 6.41. The molecule has 1 aliphatic rings. The van der Waals surface area contributed by atoms with Crippen molar-refractivity contribution in [3.8, 4) is 0 Å². The van der Waals surface area contributed by atoms with Gasteiger partial charge in [0.15, 0.2) is 0 Å². The van der Waals surface area contributed by atoms with E-state index in [-0.39, 0.29) is 7.43 Å². The highest BCUT2D eigenvalue weighted by Crippen LogP contribution is 2.39. The predicted molar refractivity (Wildman–Crippen MR) is 73.3 cm³/mol. The molecule has 94 valence electrons.